The molecule has 0 saturated heterocycles. The van der Waals surface area contributed by atoms with Crippen LogP contribution in [0.3, 0.4) is 0 Å². The molecular formula is C16H19N5O. The van der Waals surface area contributed by atoms with Gasteiger partial charge in [0.2, 0.25) is 0 Å². The number of benzene rings is 1. The molecule has 0 fully saturated rings. The molecule has 2 aromatic heterocycles. The Kier molecular flexibility index (Phi) is 3.50. The predicted molar refractivity (Wildman–Crippen MR) is 83.8 cm³/mol. The number of fused-ring (bicyclic) bond motifs is 2. The molecular weight excluding hydrogens is 278 g/mol. The summed E-state index contributed by atoms with van der Waals surface area (Å²) >= 11 is 0. The zero-order chi connectivity index (χ0) is 14.8. The fourth-order valence-corrected chi connectivity index (χ4v) is 2.96. The number of hydrogen-bond donors (Lipinski definition) is 1. The number of anilines is 1. The number of aryl methyl sites for hydroxylation is 1. The molecule has 0 atom stereocenters. The van der Waals surface area contributed by atoms with Gasteiger partial charge in [-0.2, -0.15) is 4.98 Å². The molecule has 3 aromatic rings. The third kappa shape index (κ3) is 2.56. The lowest BCUT2D eigenvalue weighted by Crippen LogP contribution is -2.11. The lowest BCUT2D eigenvalue weighted by molar-refractivity contribution is 0.597. The highest BCUT2D eigenvalue weighted by atomic mass is 16.4. The van der Waals surface area contributed by atoms with Crippen LogP contribution in [0.1, 0.15) is 30.9 Å². The van der Waals surface area contributed by atoms with Crippen molar-refractivity contribution in [1.29, 1.82) is 0 Å². The van der Waals surface area contributed by atoms with Crippen LogP contribution >= 0.6 is 0 Å². The van der Waals surface area contributed by atoms with Gasteiger partial charge in [0.25, 0.3) is 6.01 Å². The molecule has 0 radical (unpaired) electrons. The highest BCUT2D eigenvalue weighted by molar-refractivity contribution is 5.74. The molecule has 6 heteroatoms. The van der Waals surface area contributed by atoms with E-state index in [1.807, 2.05) is 24.3 Å². The minimum atomic E-state index is 0.566. The minimum Gasteiger partial charge on any atom is -0.424 e. The van der Waals surface area contributed by atoms with E-state index in [0.29, 0.717) is 6.01 Å². The SMILES string of the molecule is c1ccc2oc(NCCc3nnc4n3CCCCC4)nc2c1. The Morgan fingerprint density at radius 1 is 1.14 bits per heavy atom. The summed E-state index contributed by atoms with van der Waals surface area (Å²) in [6.07, 6.45) is 5.59. The number of nitrogens with one attached hydrogen (secondary N) is 1. The van der Waals surface area contributed by atoms with E-state index in [0.717, 1.165) is 48.7 Å². The zero-order valence-corrected chi connectivity index (χ0v) is 12.5. The van der Waals surface area contributed by atoms with Gasteiger partial charge in [-0.25, -0.2) is 0 Å². The van der Waals surface area contributed by atoms with Gasteiger partial charge in [-0.1, -0.05) is 18.6 Å². The number of nitrogens with zero attached hydrogens (tertiary/aromatic N) is 4. The molecule has 1 aliphatic rings. The van der Waals surface area contributed by atoms with Crippen molar-refractivity contribution in [2.24, 2.45) is 0 Å². The summed E-state index contributed by atoms with van der Waals surface area (Å²) in [5.74, 6) is 2.19. The topological polar surface area (TPSA) is 68.8 Å². The van der Waals surface area contributed by atoms with Crippen LogP contribution in [-0.2, 0) is 19.4 Å². The van der Waals surface area contributed by atoms with Crippen LogP contribution in [0, 0.1) is 0 Å². The van der Waals surface area contributed by atoms with Crippen LogP contribution in [0.2, 0.25) is 0 Å². The molecule has 0 aliphatic carbocycles. The molecule has 114 valence electrons. The third-order valence-electron chi connectivity index (χ3n) is 4.10. The summed E-state index contributed by atoms with van der Waals surface area (Å²) in [6, 6.07) is 8.34. The number of rotatable bonds is 4. The van der Waals surface area contributed by atoms with Crippen molar-refractivity contribution in [2.75, 3.05) is 11.9 Å². The second kappa shape index (κ2) is 5.79. The van der Waals surface area contributed by atoms with Crippen LogP contribution in [0.25, 0.3) is 11.1 Å². The first-order valence-corrected chi connectivity index (χ1v) is 7.90. The number of aromatic nitrogens is 4. The molecule has 3 heterocycles. The summed E-state index contributed by atoms with van der Waals surface area (Å²) in [5.41, 5.74) is 1.68. The monoisotopic (exact) mass is 297 g/mol. The average molecular weight is 297 g/mol. The number of oxazole rings is 1. The molecule has 4 rings (SSSR count). The molecule has 0 spiro atoms. The van der Waals surface area contributed by atoms with Crippen molar-refractivity contribution in [2.45, 2.75) is 38.6 Å². The second-order valence-corrected chi connectivity index (χ2v) is 5.66. The van der Waals surface area contributed by atoms with E-state index in [4.69, 9.17) is 4.42 Å². The van der Waals surface area contributed by atoms with Crippen LogP contribution in [0.4, 0.5) is 6.01 Å². The van der Waals surface area contributed by atoms with Crippen LogP contribution < -0.4 is 5.32 Å². The summed E-state index contributed by atoms with van der Waals surface area (Å²) in [5, 5.41) is 11.9. The Hall–Kier alpha value is -2.37. The molecule has 1 aliphatic heterocycles. The molecule has 6 nitrogen and oxygen atoms in total. The Balaban J connectivity index is 1.41. The molecule has 1 aromatic carbocycles. The first kappa shape index (κ1) is 13.3. The second-order valence-electron chi connectivity index (χ2n) is 5.66. The van der Waals surface area contributed by atoms with Gasteiger partial charge in [0.05, 0.1) is 0 Å². The van der Waals surface area contributed by atoms with Crippen molar-refractivity contribution < 1.29 is 4.42 Å². The van der Waals surface area contributed by atoms with E-state index < -0.39 is 0 Å². The quantitative estimate of drug-likeness (QED) is 0.802. The molecule has 0 unspecified atom stereocenters. The summed E-state index contributed by atoms with van der Waals surface area (Å²) in [7, 11) is 0. The average Bonchev–Trinajstić information content (AvgIpc) is 3.04. The van der Waals surface area contributed by atoms with E-state index in [9.17, 15) is 0 Å². The van der Waals surface area contributed by atoms with E-state index in [1.54, 1.807) is 0 Å². The number of para-hydroxylation sites is 2. The number of hydrogen-bond acceptors (Lipinski definition) is 5. The molecule has 1 N–H and O–H groups in total. The zero-order valence-electron chi connectivity index (χ0n) is 12.5. The highest BCUT2D eigenvalue weighted by Crippen LogP contribution is 2.18. The van der Waals surface area contributed by atoms with Crippen molar-refractivity contribution in [3.05, 3.63) is 35.9 Å². The van der Waals surface area contributed by atoms with E-state index in [1.165, 1.54) is 19.3 Å². The first-order valence-electron chi connectivity index (χ1n) is 7.90. The molecule has 0 saturated carbocycles. The van der Waals surface area contributed by atoms with E-state index in [2.05, 4.69) is 25.1 Å². The van der Waals surface area contributed by atoms with Crippen molar-refractivity contribution in [1.82, 2.24) is 19.7 Å². The Bertz CT molecular complexity index is 743. The minimum absolute atomic E-state index is 0.566. The van der Waals surface area contributed by atoms with Gasteiger partial charge < -0.3 is 14.3 Å². The van der Waals surface area contributed by atoms with Crippen LogP contribution in [0.15, 0.2) is 28.7 Å². The van der Waals surface area contributed by atoms with Crippen LogP contribution in [-0.4, -0.2) is 26.3 Å². The van der Waals surface area contributed by atoms with Gasteiger partial charge in [0.15, 0.2) is 5.58 Å². The van der Waals surface area contributed by atoms with Crippen molar-refractivity contribution >= 4 is 17.1 Å². The summed E-state index contributed by atoms with van der Waals surface area (Å²) in [6.45, 7) is 1.78. The van der Waals surface area contributed by atoms with Gasteiger partial charge in [-0.05, 0) is 25.0 Å². The van der Waals surface area contributed by atoms with E-state index in [-0.39, 0.29) is 0 Å². The Morgan fingerprint density at radius 3 is 3.05 bits per heavy atom. The van der Waals surface area contributed by atoms with E-state index >= 15 is 0 Å². The van der Waals surface area contributed by atoms with Crippen LogP contribution in [0.5, 0.6) is 0 Å². The maximum atomic E-state index is 5.66. The van der Waals surface area contributed by atoms with Gasteiger partial charge in [-0.15, -0.1) is 10.2 Å². The first-order chi connectivity index (χ1) is 10.9. The maximum absolute atomic E-state index is 5.66. The Labute approximate surface area is 128 Å². The lowest BCUT2D eigenvalue weighted by Gasteiger charge is -2.06. The summed E-state index contributed by atoms with van der Waals surface area (Å²) < 4.78 is 7.93. The highest BCUT2D eigenvalue weighted by Gasteiger charge is 2.14. The fraction of sp³-hybridized carbons (Fsp3) is 0.438. The predicted octanol–water partition coefficient (Wildman–Crippen LogP) is 2.80. The lowest BCUT2D eigenvalue weighted by atomic mass is 10.2. The third-order valence-corrected chi connectivity index (χ3v) is 4.10. The fourth-order valence-electron chi connectivity index (χ4n) is 2.96. The van der Waals surface area contributed by atoms with Gasteiger partial charge >= 0.3 is 0 Å². The maximum Gasteiger partial charge on any atom is 0.295 e. The molecule has 0 bridgehead atoms. The Morgan fingerprint density at radius 2 is 2.09 bits per heavy atom. The van der Waals surface area contributed by atoms with Crippen molar-refractivity contribution in [3.8, 4) is 0 Å². The normalized spacial score (nSPS) is 14.7. The van der Waals surface area contributed by atoms with Gasteiger partial charge in [-0.3, -0.25) is 0 Å². The summed E-state index contributed by atoms with van der Waals surface area (Å²) in [4.78, 5) is 4.41. The smallest absolute Gasteiger partial charge is 0.295 e. The van der Waals surface area contributed by atoms with Gasteiger partial charge in [0, 0.05) is 25.9 Å². The largest absolute Gasteiger partial charge is 0.424 e. The standard InChI is InChI=1S/C16H19N5O/c1-2-8-14-19-20-15(21(14)11-5-1)9-10-17-16-18-12-6-3-4-7-13(12)22-16/h3-4,6-7H,1-2,5,8-11H2,(H,17,18). The van der Waals surface area contributed by atoms with Crippen molar-refractivity contribution in [3.63, 3.8) is 0 Å². The van der Waals surface area contributed by atoms with Gasteiger partial charge in [0.1, 0.15) is 17.2 Å². The molecule has 0 amide bonds. The molecule has 22 heavy (non-hydrogen) atoms.